The van der Waals surface area contributed by atoms with E-state index in [0.29, 0.717) is 43.1 Å². The number of hydrogen-bond acceptors (Lipinski definition) is 6. The van der Waals surface area contributed by atoms with Crippen LogP contribution in [-0.4, -0.2) is 99.1 Å². The van der Waals surface area contributed by atoms with Crippen LogP contribution < -0.4 is 10.1 Å². The van der Waals surface area contributed by atoms with E-state index >= 15 is 0 Å². The molecule has 0 saturated carbocycles. The predicted molar refractivity (Wildman–Crippen MR) is 128 cm³/mol. The maximum absolute atomic E-state index is 13.3. The van der Waals surface area contributed by atoms with Crippen molar-refractivity contribution in [2.24, 2.45) is 5.92 Å². The van der Waals surface area contributed by atoms with Crippen molar-refractivity contribution in [3.05, 3.63) is 23.8 Å². The molecule has 0 radical (unpaired) electrons. The third-order valence-corrected chi connectivity index (χ3v) is 5.82. The van der Waals surface area contributed by atoms with Crippen molar-refractivity contribution in [3.8, 4) is 5.75 Å². The fourth-order valence-electron chi connectivity index (χ4n) is 3.81. The molecule has 184 valence electrons. The van der Waals surface area contributed by atoms with E-state index in [1.54, 1.807) is 44.2 Å². The number of nitrogens with zero attached hydrogens (tertiary/aromatic N) is 3. The lowest BCUT2D eigenvalue weighted by molar-refractivity contribution is -0.136. The summed E-state index contributed by atoms with van der Waals surface area (Å²) in [6, 6.07) is 4.83. The number of carbonyl (C=O) groups excluding carboxylic acids is 3. The Morgan fingerprint density at radius 2 is 1.94 bits per heavy atom. The van der Waals surface area contributed by atoms with Gasteiger partial charge in [0.1, 0.15) is 12.4 Å². The molecule has 0 saturated heterocycles. The van der Waals surface area contributed by atoms with Crippen LogP contribution in [0.3, 0.4) is 0 Å². The van der Waals surface area contributed by atoms with Gasteiger partial charge in [-0.1, -0.05) is 13.8 Å². The molecular formula is C24H38N4O5. The maximum atomic E-state index is 13.3. The first-order chi connectivity index (χ1) is 15.6. The molecule has 0 fully saturated rings. The summed E-state index contributed by atoms with van der Waals surface area (Å²) < 4.78 is 11.8. The lowest BCUT2D eigenvalue weighted by atomic mass is 10.0. The summed E-state index contributed by atoms with van der Waals surface area (Å²) >= 11 is 0. The summed E-state index contributed by atoms with van der Waals surface area (Å²) in [5.74, 6) is 0.0585. The quantitative estimate of drug-likeness (QED) is 0.719. The minimum Gasteiger partial charge on any atom is -0.491 e. The summed E-state index contributed by atoms with van der Waals surface area (Å²) in [5.41, 5.74) is 0.887. The SMILES string of the molecule is CCC(=O)Nc1ccc2c(c1)C(=O)N(C)C[C@H](OC)[C@@H](C)CN(C(=O)CN(C)C)[C@H](C)CO2. The van der Waals surface area contributed by atoms with Crippen molar-refractivity contribution in [1.82, 2.24) is 14.7 Å². The molecule has 9 nitrogen and oxygen atoms in total. The number of amides is 3. The first-order valence-corrected chi connectivity index (χ1v) is 11.4. The molecule has 1 aliphatic heterocycles. The van der Waals surface area contributed by atoms with Crippen LogP contribution in [0.2, 0.25) is 0 Å². The minimum atomic E-state index is -0.257. The van der Waals surface area contributed by atoms with Crippen LogP contribution in [0.4, 0.5) is 5.69 Å². The average Bonchev–Trinajstić information content (AvgIpc) is 2.77. The highest BCUT2D eigenvalue weighted by Crippen LogP contribution is 2.26. The largest absolute Gasteiger partial charge is 0.491 e. The lowest BCUT2D eigenvalue weighted by Gasteiger charge is -2.36. The summed E-state index contributed by atoms with van der Waals surface area (Å²) in [4.78, 5) is 43.4. The zero-order valence-corrected chi connectivity index (χ0v) is 20.9. The van der Waals surface area contributed by atoms with Gasteiger partial charge in [-0.25, -0.2) is 0 Å². The number of carbonyl (C=O) groups is 3. The van der Waals surface area contributed by atoms with Gasteiger partial charge in [-0.3, -0.25) is 14.4 Å². The molecule has 1 heterocycles. The summed E-state index contributed by atoms with van der Waals surface area (Å²) in [5, 5.41) is 2.79. The molecule has 0 bridgehead atoms. The van der Waals surface area contributed by atoms with Crippen LogP contribution in [0.1, 0.15) is 37.6 Å². The van der Waals surface area contributed by atoms with Crippen LogP contribution in [0.15, 0.2) is 18.2 Å². The number of hydrogen-bond donors (Lipinski definition) is 1. The van der Waals surface area contributed by atoms with Gasteiger partial charge in [0.2, 0.25) is 11.8 Å². The van der Waals surface area contributed by atoms with Gasteiger partial charge in [0.15, 0.2) is 0 Å². The molecule has 33 heavy (non-hydrogen) atoms. The smallest absolute Gasteiger partial charge is 0.257 e. The van der Waals surface area contributed by atoms with Gasteiger partial charge in [-0.2, -0.15) is 0 Å². The van der Waals surface area contributed by atoms with Gasteiger partial charge in [0.25, 0.3) is 5.91 Å². The van der Waals surface area contributed by atoms with E-state index in [9.17, 15) is 14.4 Å². The van der Waals surface area contributed by atoms with Crippen molar-refractivity contribution >= 4 is 23.4 Å². The average molecular weight is 463 g/mol. The molecule has 2 rings (SSSR count). The maximum Gasteiger partial charge on any atom is 0.257 e. The monoisotopic (exact) mass is 462 g/mol. The summed E-state index contributed by atoms with van der Waals surface area (Å²) in [7, 11) is 7.06. The highest BCUT2D eigenvalue weighted by molar-refractivity contribution is 5.99. The Labute approximate surface area is 197 Å². The number of ether oxygens (including phenoxy) is 2. The van der Waals surface area contributed by atoms with E-state index < -0.39 is 0 Å². The van der Waals surface area contributed by atoms with E-state index in [4.69, 9.17) is 9.47 Å². The second-order valence-electron chi connectivity index (χ2n) is 8.99. The molecule has 0 unspecified atom stereocenters. The Bertz CT molecular complexity index is 844. The first-order valence-electron chi connectivity index (χ1n) is 11.4. The number of benzene rings is 1. The number of rotatable bonds is 5. The van der Waals surface area contributed by atoms with Crippen LogP contribution in [0.25, 0.3) is 0 Å². The van der Waals surface area contributed by atoms with Gasteiger partial charge >= 0.3 is 0 Å². The fraction of sp³-hybridized carbons (Fsp3) is 0.625. The first kappa shape index (κ1) is 26.6. The van der Waals surface area contributed by atoms with Crippen molar-refractivity contribution in [1.29, 1.82) is 0 Å². The number of methoxy groups -OCH3 is 1. The van der Waals surface area contributed by atoms with E-state index in [1.165, 1.54) is 0 Å². The molecule has 9 heteroatoms. The topological polar surface area (TPSA) is 91.4 Å². The second kappa shape index (κ2) is 12.0. The molecule has 1 aromatic carbocycles. The molecule has 3 amide bonds. The number of fused-ring (bicyclic) bond motifs is 1. The Hall–Kier alpha value is -2.65. The Morgan fingerprint density at radius 3 is 2.55 bits per heavy atom. The summed E-state index contributed by atoms with van der Waals surface area (Å²) in [6.45, 7) is 7.10. The van der Waals surface area contributed by atoms with Gasteiger partial charge in [-0.05, 0) is 39.2 Å². The number of anilines is 1. The normalized spacial score (nSPS) is 22.2. The van der Waals surface area contributed by atoms with Crippen LogP contribution in [0, 0.1) is 5.92 Å². The number of likely N-dealkylation sites (N-methyl/N-ethyl adjacent to an activating group) is 2. The van der Waals surface area contributed by atoms with Gasteiger partial charge < -0.3 is 29.5 Å². The Morgan fingerprint density at radius 1 is 1.24 bits per heavy atom. The van der Waals surface area contributed by atoms with Crippen molar-refractivity contribution < 1.29 is 23.9 Å². The highest BCUT2D eigenvalue weighted by atomic mass is 16.5. The predicted octanol–water partition coefficient (Wildman–Crippen LogP) is 1.93. The Kier molecular flexibility index (Phi) is 9.67. The van der Waals surface area contributed by atoms with E-state index in [-0.39, 0.29) is 42.4 Å². The minimum absolute atomic E-state index is 0.00659. The van der Waals surface area contributed by atoms with Crippen molar-refractivity contribution in [2.45, 2.75) is 39.3 Å². The van der Waals surface area contributed by atoms with Crippen molar-refractivity contribution in [3.63, 3.8) is 0 Å². The van der Waals surface area contributed by atoms with E-state index in [1.807, 2.05) is 37.7 Å². The molecule has 1 N–H and O–H groups in total. The van der Waals surface area contributed by atoms with Gasteiger partial charge in [-0.15, -0.1) is 0 Å². The van der Waals surface area contributed by atoms with E-state index in [0.717, 1.165) is 0 Å². The third kappa shape index (κ3) is 7.17. The third-order valence-electron chi connectivity index (χ3n) is 5.82. The molecule has 3 atom stereocenters. The van der Waals surface area contributed by atoms with Crippen molar-refractivity contribution in [2.75, 3.05) is 59.8 Å². The molecule has 1 aliphatic rings. The molecule has 1 aromatic rings. The standard InChI is InChI=1S/C24H38N4O5/c1-8-22(29)25-18-9-10-20-19(11-18)24(31)27(6)13-21(32-7)16(2)12-28(17(3)15-33-20)23(30)14-26(4)5/h9-11,16-17,21H,8,12-15H2,1-7H3,(H,25,29)/t16-,17+,21-/m0/s1. The lowest BCUT2D eigenvalue weighted by Crippen LogP contribution is -2.50. The second-order valence-corrected chi connectivity index (χ2v) is 8.99. The van der Waals surface area contributed by atoms with Gasteiger partial charge in [0.05, 0.1) is 24.3 Å². The molecule has 0 aromatic heterocycles. The zero-order chi connectivity index (χ0) is 24.7. The molecule has 0 spiro atoms. The molecule has 0 aliphatic carbocycles. The number of nitrogens with one attached hydrogen (secondary N) is 1. The molecular weight excluding hydrogens is 424 g/mol. The van der Waals surface area contributed by atoms with E-state index in [2.05, 4.69) is 5.32 Å². The highest BCUT2D eigenvalue weighted by Gasteiger charge is 2.30. The zero-order valence-electron chi connectivity index (χ0n) is 20.9. The fourth-order valence-corrected chi connectivity index (χ4v) is 3.81. The van der Waals surface area contributed by atoms with Crippen LogP contribution in [0.5, 0.6) is 5.75 Å². The Balaban J connectivity index is 2.44. The van der Waals surface area contributed by atoms with Crippen LogP contribution in [-0.2, 0) is 14.3 Å². The summed E-state index contributed by atoms with van der Waals surface area (Å²) in [6.07, 6.45) is 0.0796. The van der Waals surface area contributed by atoms with Crippen LogP contribution >= 0.6 is 0 Å². The van der Waals surface area contributed by atoms with Gasteiger partial charge in [0, 0.05) is 45.3 Å².